The summed E-state index contributed by atoms with van der Waals surface area (Å²) in [6.07, 6.45) is 1.26. The van der Waals surface area contributed by atoms with Crippen LogP contribution >= 0.6 is 23.2 Å². The van der Waals surface area contributed by atoms with Crippen molar-refractivity contribution in [1.82, 2.24) is 5.16 Å². The lowest BCUT2D eigenvalue weighted by Crippen LogP contribution is -2.12. The first-order valence-corrected chi connectivity index (χ1v) is 5.23. The number of anilines is 1. The van der Waals surface area contributed by atoms with Crippen LogP contribution in [-0.4, -0.2) is 16.2 Å². The molecule has 88 valence electrons. The summed E-state index contributed by atoms with van der Waals surface area (Å²) < 4.78 is 4.53. The van der Waals surface area contributed by atoms with E-state index in [0.29, 0.717) is 5.02 Å². The third kappa shape index (κ3) is 2.51. The standard InChI is InChI=1S/C10H6Cl2N2O3/c11-5-3-6(12)9(15)8(4-5)13-10(16)7-1-2-17-14-7/h1-4,15H,(H,13,16). The lowest BCUT2D eigenvalue weighted by molar-refractivity contribution is 0.101. The molecule has 2 aromatic rings. The molecule has 0 spiro atoms. The molecule has 0 bridgehead atoms. The van der Waals surface area contributed by atoms with Gasteiger partial charge in [-0.2, -0.15) is 0 Å². The van der Waals surface area contributed by atoms with Gasteiger partial charge in [-0.1, -0.05) is 28.4 Å². The number of hydrogen-bond acceptors (Lipinski definition) is 4. The highest BCUT2D eigenvalue weighted by Gasteiger charge is 2.14. The van der Waals surface area contributed by atoms with E-state index in [-0.39, 0.29) is 22.2 Å². The minimum absolute atomic E-state index is 0.0490. The minimum Gasteiger partial charge on any atom is -0.504 e. The number of hydrogen-bond donors (Lipinski definition) is 2. The van der Waals surface area contributed by atoms with E-state index in [4.69, 9.17) is 23.2 Å². The number of benzene rings is 1. The summed E-state index contributed by atoms with van der Waals surface area (Å²) in [6, 6.07) is 4.13. The summed E-state index contributed by atoms with van der Waals surface area (Å²) >= 11 is 11.5. The first-order chi connectivity index (χ1) is 8.08. The molecule has 2 N–H and O–H groups in total. The van der Waals surface area contributed by atoms with Crippen LogP contribution in [0.2, 0.25) is 10.0 Å². The van der Waals surface area contributed by atoms with Gasteiger partial charge in [-0.3, -0.25) is 4.79 Å². The van der Waals surface area contributed by atoms with Crippen molar-refractivity contribution < 1.29 is 14.4 Å². The predicted molar refractivity (Wildman–Crippen MR) is 62.6 cm³/mol. The second kappa shape index (κ2) is 4.65. The number of phenols is 1. The fraction of sp³-hybridized carbons (Fsp3) is 0. The molecule has 0 fully saturated rings. The van der Waals surface area contributed by atoms with Crippen LogP contribution in [0.3, 0.4) is 0 Å². The van der Waals surface area contributed by atoms with E-state index in [1.54, 1.807) is 0 Å². The molecule has 1 heterocycles. The van der Waals surface area contributed by atoms with E-state index in [1.807, 2.05) is 0 Å². The number of carbonyl (C=O) groups excluding carboxylic acids is 1. The van der Waals surface area contributed by atoms with Crippen LogP contribution in [-0.2, 0) is 0 Å². The van der Waals surface area contributed by atoms with Crippen molar-refractivity contribution in [3.8, 4) is 5.75 Å². The van der Waals surface area contributed by atoms with Gasteiger partial charge in [0.25, 0.3) is 5.91 Å². The molecule has 2 rings (SSSR count). The highest BCUT2D eigenvalue weighted by atomic mass is 35.5. The number of aromatic hydroxyl groups is 1. The van der Waals surface area contributed by atoms with Crippen molar-refractivity contribution in [2.45, 2.75) is 0 Å². The van der Waals surface area contributed by atoms with E-state index in [1.165, 1.54) is 24.5 Å². The molecule has 0 atom stereocenters. The number of nitrogens with zero attached hydrogens (tertiary/aromatic N) is 1. The van der Waals surface area contributed by atoms with Crippen LogP contribution < -0.4 is 5.32 Å². The zero-order valence-corrected chi connectivity index (χ0v) is 9.79. The van der Waals surface area contributed by atoms with Crippen molar-refractivity contribution in [3.63, 3.8) is 0 Å². The van der Waals surface area contributed by atoms with Crippen LogP contribution in [0.15, 0.2) is 29.0 Å². The molecule has 0 aliphatic carbocycles. The maximum Gasteiger partial charge on any atom is 0.277 e. The Hall–Kier alpha value is -1.72. The van der Waals surface area contributed by atoms with Gasteiger partial charge in [0, 0.05) is 11.1 Å². The Labute approximate surface area is 106 Å². The highest BCUT2D eigenvalue weighted by Crippen LogP contribution is 2.35. The summed E-state index contributed by atoms with van der Waals surface area (Å²) in [5.74, 6) is -0.791. The normalized spacial score (nSPS) is 10.2. The maximum absolute atomic E-state index is 11.6. The third-order valence-electron chi connectivity index (χ3n) is 1.95. The lowest BCUT2D eigenvalue weighted by atomic mass is 10.2. The minimum atomic E-state index is -0.535. The number of rotatable bonds is 2. The molecule has 7 heteroatoms. The Morgan fingerprint density at radius 3 is 2.82 bits per heavy atom. The van der Waals surface area contributed by atoms with Gasteiger partial charge in [0.15, 0.2) is 11.4 Å². The largest absolute Gasteiger partial charge is 0.504 e. The van der Waals surface area contributed by atoms with Gasteiger partial charge >= 0.3 is 0 Å². The van der Waals surface area contributed by atoms with E-state index < -0.39 is 5.91 Å². The second-order valence-corrected chi connectivity index (χ2v) is 3.97. The van der Waals surface area contributed by atoms with E-state index >= 15 is 0 Å². The van der Waals surface area contributed by atoms with Gasteiger partial charge in [0.1, 0.15) is 6.26 Å². The SMILES string of the molecule is O=C(Nc1cc(Cl)cc(Cl)c1O)c1ccon1. The molecule has 0 aliphatic rings. The van der Waals surface area contributed by atoms with Crippen LogP contribution in [0.4, 0.5) is 5.69 Å². The maximum atomic E-state index is 11.6. The monoisotopic (exact) mass is 272 g/mol. The van der Waals surface area contributed by atoms with Gasteiger partial charge in [-0.15, -0.1) is 0 Å². The molecule has 5 nitrogen and oxygen atoms in total. The number of carbonyl (C=O) groups is 1. The molecule has 0 aliphatic heterocycles. The number of phenolic OH excluding ortho intramolecular Hbond substituents is 1. The zero-order valence-electron chi connectivity index (χ0n) is 8.28. The lowest BCUT2D eigenvalue weighted by Gasteiger charge is -2.07. The van der Waals surface area contributed by atoms with Crippen molar-refractivity contribution in [1.29, 1.82) is 0 Å². The van der Waals surface area contributed by atoms with Crippen LogP contribution in [0.25, 0.3) is 0 Å². The summed E-state index contributed by atoms with van der Waals surface area (Å²) in [6.45, 7) is 0. The third-order valence-corrected chi connectivity index (χ3v) is 2.45. The average Bonchev–Trinajstić information content (AvgIpc) is 2.78. The first-order valence-electron chi connectivity index (χ1n) is 4.47. The fourth-order valence-electron chi connectivity index (χ4n) is 1.18. The number of halogens is 2. The van der Waals surface area contributed by atoms with Gasteiger partial charge in [0.2, 0.25) is 0 Å². The Morgan fingerprint density at radius 1 is 1.41 bits per heavy atom. The number of aromatic nitrogens is 1. The van der Waals surface area contributed by atoms with Crippen molar-refractivity contribution in [2.24, 2.45) is 0 Å². The van der Waals surface area contributed by atoms with E-state index in [2.05, 4.69) is 15.0 Å². The average molecular weight is 273 g/mol. The quantitative estimate of drug-likeness (QED) is 0.825. The molecule has 1 aromatic carbocycles. The summed E-state index contributed by atoms with van der Waals surface area (Å²) in [4.78, 5) is 11.6. The van der Waals surface area contributed by atoms with Crippen LogP contribution in [0.5, 0.6) is 5.75 Å². The number of nitrogens with one attached hydrogen (secondary N) is 1. The highest BCUT2D eigenvalue weighted by molar-refractivity contribution is 6.36. The van der Waals surface area contributed by atoms with Crippen molar-refractivity contribution >= 4 is 34.8 Å². The molecule has 0 saturated heterocycles. The van der Waals surface area contributed by atoms with E-state index in [0.717, 1.165) is 0 Å². The fourth-order valence-corrected chi connectivity index (χ4v) is 1.67. The Kier molecular flexibility index (Phi) is 3.21. The molecular formula is C10H6Cl2N2O3. The smallest absolute Gasteiger partial charge is 0.277 e. The van der Waals surface area contributed by atoms with Gasteiger partial charge < -0.3 is 14.9 Å². The van der Waals surface area contributed by atoms with Gasteiger partial charge in [-0.25, -0.2) is 0 Å². The Bertz CT molecular complexity index is 555. The summed E-state index contributed by atoms with van der Waals surface area (Å²) in [5, 5.41) is 15.8. The molecule has 1 amide bonds. The molecule has 0 radical (unpaired) electrons. The van der Waals surface area contributed by atoms with Gasteiger partial charge in [-0.05, 0) is 12.1 Å². The van der Waals surface area contributed by atoms with Crippen molar-refractivity contribution in [2.75, 3.05) is 5.32 Å². The van der Waals surface area contributed by atoms with Crippen LogP contribution in [0.1, 0.15) is 10.5 Å². The summed E-state index contributed by atoms with van der Waals surface area (Å²) in [5.41, 5.74) is 0.191. The Balaban J connectivity index is 2.28. The van der Waals surface area contributed by atoms with Crippen molar-refractivity contribution in [3.05, 3.63) is 40.2 Å². The summed E-state index contributed by atoms with van der Waals surface area (Å²) in [7, 11) is 0. The first kappa shape index (κ1) is 11.8. The van der Waals surface area contributed by atoms with Gasteiger partial charge in [0.05, 0.1) is 10.7 Å². The molecule has 0 unspecified atom stereocenters. The second-order valence-electron chi connectivity index (χ2n) is 3.12. The van der Waals surface area contributed by atoms with Crippen LogP contribution in [0, 0.1) is 0 Å². The molecule has 1 aromatic heterocycles. The Morgan fingerprint density at radius 2 is 2.18 bits per heavy atom. The molecule has 17 heavy (non-hydrogen) atoms. The topological polar surface area (TPSA) is 75.4 Å². The van der Waals surface area contributed by atoms with E-state index in [9.17, 15) is 9.90 Å². The molecular weight excluding hydrogens is 267 g/mol. The zero-order chi connectivity index (χ0) is 12.4. The predicted octanol–water partition coefficient (Wildman–Crippen LogP) is 2.94. The number of amides is 1. The molecule has 0 saturated carbocycles.